The smallest absolute Gasteiger partial charge is 0.233 e. The van der Waals surface area contributed by atoms with Gasteiger partial charge in [-0.15, -0.1) is 0 Å². The molecule has 4 rings (SSSR count). The van der Waals surface area contributed by atoms with Gasteiger partial charge in [0.1, 0.15) is 5.15 Å². The maximum atomic E-state index is 12.9. The highest BCUT2D eigenvalue weighted by atomic mass is 35.5. The van der Waals surface area contributed by atoms with E-state index in [1.54, 1.807) is 30.4 Å². The molecule has 30 heavy (non-hydrogen) atoms. The van der Waals surface area contributed by atoms with Gasteiger partial charge in [0.2, 0.25) is 11.9 Å². The van der Waals surface area contributed by atoms with Crippen molar-refractivity contribution in [3.63, 3.8) is 0 Å². The lowest BCUT2D eigenvalue weighted by Gasteiger charge is -2.15. The van der Waals surface area contributed by atoms with Gasteiger partial charge < -0.3 is 5.32 Å². The number of rotatable bonds is 8. The first kappa shape index (κ1) is 20.6. The number of benzene rings is 1. The van der Waals surface area contributed by atoms with Crippen LogP contribution in [0.3, 0.4) is 0 Å². The highest BCUT2D eigenvalue weighted by Crippen LogP contribution is 2.34. The molecule has 1 aliphatic rings. The average Bonchev–Trinajstić information content (AvgIpc) is 3.58. The first-order valence-corrected chi connectivity index (χ1v) is 11.0. The summed E-state index contributed by atoms with van der Waals surface area (Å²) < 4.78 is 3.18. The lowest BCUT2D eigenvalue weighted by Crippen LogP contribution is -2.21. The molecule has 0 bridgehead atoms. The molecule has 2 heterocycles. The number of carbonyl (C=O) groups excluding carboxylic acids is 1. The molecule has 0 radical (unpaired) electrons. The molecular formula is C21H21ClN6OS. The Morgan fingerprint density at radius 2 is 2.00 bits per heavy atom. The van der Waals surface area contributed by atoms with E-state index in [9.17, 15) is 4.79 Å². The standard InChI is InChI=1S/C21H21ClN6OS/c1-2-16(17-9-10-24-21(27-17)28-30-15-7-8-15)20(29)25-14-5-3-13(4-6-14)18-11-23-12-19(22)26-18/h3-6,9-12,15-16H,2,7-8H2,1H3,(H,25,29)(H,24,27,28). The van der Waals surface area contributed by atoms with E-state index in [1.807, 2.05) is 31.2 Å². The molecule has 2 N–H and O–H groups in total. The van der Waals surface area contributed by atoms with Gasteiger partial charge in [-0.2, -0.15) is 0 Å². The second kappa shape index (κ2) is 9.40. The van der Waals surface area contributed by atoms with Crippen LogP contribution in [0, 0.1) is 0 Å². The summed E-state index contributed by atoms with van der Waals surface area (Å²) in [7, 11) is 0. The molecule has 9 heteroatoms. The predicted molar refractivity (Wildman–Crippen MR) is 120 cm³/mol. The van der Waals surface area contributed by atoms with Crippen molar-refractivity contribution >= 4 is 41.1 Å². The normalized spacial score (nSPS) is 14.2. The van der Waals surface area contributed by atoms with Gasteiger partial charge in [0, 0.05) is 22.7 Å². The SMILES string of the molecule is CCC(C(=O)Nc1ccc(-c2cncc(Cl)n2)cc1)c1ccnc(NSC2CC2)n1. The summed E-state index contributed by atoms with van der Waals surface area (Å²) in [6.45, 7) is 1.97. The van der Waals surface area contributed by atoms with E-state index in [1.165, 1.54) is 19.0 Å². The van der Waals surface area contributed by atoms with Gasteiger partial charge in [0.15, 0.2) is 0 Å². The number of amides is 1. The Balaban J connectivity index is 1.43. The van der Waals surface area contributed by atoms with Crippen LogP contribution >= 0.6 is 23.5 Å². The number of hydrogen-bond donors (Lipinski definition) is 2. The zero-order valence-corrected chi connectivity index (χ0v) is 18.0. The number of hydrogen-bond acceptors (Lipinski definition) is 7. The summed E-state index contributed by atoms with van der Waals surface area (Å²) in [5.41, 5.74) is 2.95. The van der Waals surface area contributed by atoms with Crippen molar-refractivity contribution < 1.29 is 4.79 Å². The number of halogens is 1. The third-order valence-electron chi connectivity index (χ3n) is 4.65. The van der Waals surface area contributed by atoms with Crippen LogP contribution in [-0.4, -0.2) is 31.1 Å². The van der Waals surface area contributed by atoms with E-state index in [-0.39, 0.29) is 11.8 Å². The van der Waals surface area contributed by atoms with Crippen LogP contribution < -0.4 is 10.0 Å². The molecule has 0 aliphatic heterocycles. The highest BCUT2D eigenvalue weighted by Gasteiger charge is 2.24. The second-order valence-electron chi connectivity index (χ2n) is 6.98. The van der Waals surface area contributed by atoms with Gasteiger partial charge in [0.05, 0.1) is 29.7 Å². The maximum Gasteiger partial charge on any atom is 0.233 e. The van der Waals surface area contributed by atoms with Crippen molar-refractivity contribution in [1.82, 2.24) is 19.9 Å². The van der Waals surface area contributed by atoms with Crippen LogP contribution in [0.5, 0.6) is 0 Å². The van der Waals surface area contributed by atoms with Crippen molar-refractivity contribution in [2.24, 2.45) is 0 Å². The molecule has 1 atom stereocenters. The molecule has 154 valence electrons. The number of carbonyl (C=O) groups is 1. The number of aromatic nitrogens is 4. The fourth-order valence-corrected chi connectivity index (χ4v) is 3.79. The fraction of sp³-hybridized carbons (Fsp3) is 0.286. The maximum absolute atomic E-state index is 12.9. The minimum absolute atomic E-state index is 0.104. The molecule has 1 aliphatic carbocycles. The Morgan fingerprint density at radius 3 is 2.70 bits per heavy atom. The Bertz CT molecular complexity index is 1030. The molecule has 1 amide bonds. The van der Waals surface area contributed by atoms with Gasteiger partial charge >= 0.3 is 0 Å². The monoisotopic (exact) mass is 440 g/mol. The summed E-state index contributed by atoms with van der Waals surface area (Å²) in [6, 6.07) is 9.21. The van der Waals surface area contributed by atoms with E-state index in [0.29, 0.717) is 39.8 Å². The third kappa shape index (κ3) is 5.25. The van der Waals surface area contributed by atoms with E-state index in [0.717, 1.165) is 5.56 Å². The van der Waals surface area contributed by atoms with E-state index in [4.69, 9.17) is 11.6 Å². The van der Waals surface area contributed by atoms with Crippen LogP contribution in [0.15, 0.2) is 48.9 Å². The number of nitrogens with one attached hydrogen (secondary N) is 2. The number of anilines is 2. The summed E-state index contributed by atoms with van der Waals surface area (Å²) in [5, 5.41) is 3.95. The van der Waals surface area contributed by atoms with Gasteiger partial charge in [-0.05, 0) is 49.4 Å². The van der Waals surface area contributed by atoms with Gasteiger partial charge in [-0.25, -0.2) is 15.0 Å². The first-order chi connectivity index (χ1) is 14.6. The van der Waals surface area contributed by atoms with E-state index in [2.05, 4.69) is 30.0 Å². The molecular weight excluding hydrogens is 420 g/mol. The summed E-state index contributed by atoms with van der Waals surface area (Å²) in [5.74, 6) is 0.0767. The summed E-state index contributed by atoms with van der Waals surface area (Å²) >= 11 is 7.55. The summed E-state index contributed by atoms with van der Waals surface area (Å²) in [6.07, 6.45) is 7.90. The Morgan fingerprint density at radius 1 is 1.20 bits per heavy atom. The van der Waals surface area contributed by atoms with Crippen LogP contribution in [0.25, 0.3) is 11.3 Å². The van der Waals surface area contributed by atoms with Crippen LogP contribution in [0.4, 0.5) is 11.6 Å². The second-order valence-corrected chi connectivity index (χ2v) is 8.47. The lowest BCUT2D eigenvalue weighted by atomic mass is 10.0. The Labute approximate surface area is 184 Å². The molecule has 1 unspecified atom stereocenters. The zero-order chi connectivity index (χ0) is 20.9. The number of nitrogens with zero attached hydrogens (tertiary/aromatic N) is 4. The van der Waals surface area contributed by atoms with Gasteiger partial charge in [0.25, 0.3) is 0 Å². The van der Waals surface area contributed by atoms with Crippen molar-refractivity contribution in [3.05, 3.63) is 59.8 Å². The minimum atomic E-state index is -0.363. The van der Waals surface area contributed by atoms with E-state index >= 15 is 0 Å². The van der Waals surface area contributed by atoms with Gasteiger partial charge in [-0.1, -0.05) is 30.7 Å². The van der Waals surface area contributed by atoms with Crippen molar-refractivity contribution in [2.45, 2.75) is 37.4 Å². The van der Waals surface area contributed by atoms with Gasteiger partial charge in [-0.3, -0.25) is 14.5 Å². The Hall–Kier alpha value is -2.71. The highest BCUT2D eigenvalue weighted by molar-refractivity contribution is 8.01. The topological polar surface area (TPSA) is 92.7 Å². The fourth-order valence-electron chi connectivity index (χ4n) is 2.90. The lowest BCUT2D eigenvalue weighted by molar-refractivity contribution is -0.117. The van der Waals surface area contributed by atoms with Crippen LogP contribution in [0.2, 0.25) is 5.15 Å². The minimum Gasteiger partial charge on any atom is -0.326 e. The van der Waals surface area contributed by atoms with Crippen LogP contribution in [0.1, 0.15) is 37.8 Å². The first-order valence-electron chi connectivity index (χ1n) is 9.76. The average molecular weight is 441 g/mol. The molecule has 7 nitrogen and oxygen atoms in total. The summed E-state index contributed by atoms with van der Waals surface area (Å²) in [4.78, 5) is 30.0. The largest absolute Gasteiger partial charge is 0.326 e. The quantitative estimate of drug-likeness (QED) is 0.479. The molecule has 1 saturated carbocycles. The third-order valence-corrected chi connectivity index (χ3v) is 5.94. The molecule has 2 aromatic heterocycles. The Kier molecular flexibility index (Phi) is 6.44. The molecule has 1 fully saturated rings. The van der Waals surface area contributed by atoms with Crippen molar-refractivity contribution in [1.29, 1.82) is 0 Å². The molecule has 0 spiro atoms. The van der Waals surface area contributed by atoms with Crippen molar-refractivity contribution in [3.8, 4) is 11.3 Å². The molecule has 0 saturated heterocycles. The predicted octanol–water partition coefficient (Wildman–Crippen LogP) is 4.94. The molecule has 1 aromatic carbocycles. The van der Waals surface area contributed by atoms with Crippen LogP contribution in [-0.2, 0) is 4.79 Å². The zero-order valence-electron chi connectivity index (χ0n) is 16.4. The van der Waals surface area contributed by atoms with E-state index < -0.39 is 0 Å². The van der Waals surface area contributed by atoms with Crippen molar-refractivity contribution in [2.75, 3.05) is 10.0 Å². The molecule has 3 aromatic rings.